The van der Waals surface area contributed by atoms with Gasteiger partial charge in [0, 0.05) is 12.7 Å². The number of hydrogen-bond acceptors (Lipinski definition) is 5. The number of aromatic nitrogens is 1. The Morgan fingerprint density at radius 2 is 1.62 bits per heavy atom. The number of benzene rings is 1. The maximum atomic E-state index is 12.5. The smallest absolute Gasteiger partial charge is 0.417 e. The van der Waals surface area contributed by atoms with Crippen molar-refractivity contribution in [3.8, 4) is 17.2 Å². The largest absolute Gasteiger partial charge is 0.493 e. The predicted octanol–water partition coefficient (Wildman–Crippen LogP) is 3.74. The molecular weight excluding hydrogens is 325 g/mol. The van der Waals surface area contributed by atoms with Gasteiger partial charge in [-0.2, -0.15) is 13.2 Å². The Balaban J connectivity index is 2.14. The molecule has 0 spiro atoms. The molecule has 0 saturated heterocycles. The van der Waals surface area contributed by atoms with Gasteiger partial charge in [-0.25, -0.2) is 4.98 Å². The van der Waals surface area contributed by atoms with E-state index in [-0.39, 0.29) is 0 Å². The fourth-order valence-electron chi connectivity index (χ4n) is 2.10. The van der Waals surface area contributed by atoms with Crippen LogP contribution in [0, 0.1) is 0 Å². The van der Waals surface area contributed by atoms with E-state index in [4.69, 9.17) is 14.2 Å². The fraction of sp³-hybridized carbons (Fsp3) is 0.312. The van der Waals surface area contributed by atoms with Crippen LogP contribution in [0.4, 0.5) is 19.0 Å². The molecule has 0 unspecified atom stereocenters. The lowest BCUT2D eigenvalue weighted by atomic mass is 10.1. The predicted molar refractivity (Wildman–Crippen MR) is 82.7 cm³/mol. The lowest BCUT2D eigenvalue weighted by Gasteiger charge is -2.14. The first-order valence-electron chi connectivity index (χ1n) is 6.95. The number of halogens is 3. The second-order valence-corrected chi connectivity index (χ2v) is 4.82. The number of pyridine rings is 1. The van der Waals surface area contributed by atoms with E-state index in [1.807, 2.05) is 0 Å². The van der Waals surface area contributed by atoms with Crippen LogP contribution in [-0.4, -0.2) is 26.3 Å². The normalized spacial score (nSPS) is 11.1. The van der Waals surface area contributed by atoms with Crippen LogP contribution in [0.5, 0.6) is 17.2 Å². The second-order valence-electron chi connectivity index (χ2n) is 4.82. The summed E-state index contributed by atoms with van der Waals surface area (Å²) in [5.41, 5.74) is 0.00651. The molecule has 1 aromatic carbocycles. The SMILES string of the molecule is COc1cc(CNc2ccc(C(F)(F)F)cn2)cc(OC)c1OC. The lowest BCUT2D eigenvalue weighted by molar-refractivity contribution is -0.137. The molecular formula is C16H17F3N2O3. The standard InChI is InChI=1S/C16H17F3N2O3/c1-22-12-6-10(7-13(23-2)15(12)24-3)8-20-14-5-4-11(9-21-14)16(17,18)19/h4-7,9H,8H2,1-3H3,(H,20,21). The van der Waals surface area contributed by atoms with Crippen molar-refractivity contribution >= 4 is 5.82 Å². The van der Waals surface area contributed by atoms with Crippen LogP contribution in [-0.2, 0) is 12.7 Å². The van der Waals surface area contributed by atoms with Crippen LogP contribution in [0.3, 0.4) is 0 Å². The van der Waals surface area contributed by atoms with Gasteiger partial charge in [0.15, 0.2) is 11.5 Å². The minimum Gasteiger partial charge on any atom is -0.493 e. The molecule has 0 saturated carbocycles. The van der Waals surface area contributed by atoms with Crippen molar-refractivity contribution in [2.24, 2.45) is 0 Å². The zero-order valence-electron chi connectivity index (χ0n) is 13.4. The number of ether oxygens (including phenoxy) is 3. The molecule has 2 rings (SSSR count). The summed E-state index contributed by atoms with van der Waals surface area (Å²) >= 11 is 0. The maximum Gasteiger partial charge on any atom is 0.417 e. The molecule has 0 aliphatic rings. The molecule has 0 atom stereocenters. The monoisotopic (exact) mass is 342 g/mol. The lowest BCUT2D eigenvalue weighted by Crippen LogP contribution is -2.07. The van der Waals surface area contributed by atoms with Gasteiger partial charge in [-0.1, -0.05) is 0 Å². The van der Waals surface area contributed by atoms with Crippen LogP contribution in [0.1, 0.15) is 11.1 Å². The summed E-state index contributed by atoms with van der Waals surface area (Å²) in [5, 5.41) is 2.95. The van der Waals surface area contributed by atoms with Crippen molar-refractivity contribution in [1.29, 1.82) is 0 Å². The summed E-state index contributed by atoms with van der Waals surface area (Å²) in [6, 6.07) is 5.75. The number of methoxy groups -OCH3 is 3. The second kappa shape index (κ2) is 7.29. The van der Waals surface area contributed by atoms with Gasteiger partial charge in [0.1, 0.15) is 5.82 Å². The van der Waals surface area contributed by atoms with E-state index in [9.17, 15) is 13.2 Å². The summed E-state index contributed by atoms with van der Waals surface area (Å²) in [5.74, 6) is 1.79. The number of alkyl halides is 3. The van der Waals surface area contributed by atoms with Gasteiger partial charge in [0.2, 0.25) is 5.75 Å². The zero-order chi connectivity index (χ0) is 17.7. The number of hydrogen-bond donors (Lipinski definition) is 1. The molecule has 1 aromatic heterocycles. The third-order valence-corrected chi connectivity index (χ3v) is 3.29. The molecule has 130 valence electrons. The van der Waals surface area contributed by atoms with Gasteiger partial charge in [0.25, 0.3) is 0 Å². The molecule has 1 N–H and O–H groups in total. The van der Waals surface area contributed by atoms with E-state index >= 15 is 0 Å². The van der Waals surface area contributed by atoms with E-state index in [2.05, 4.69) is 10.3 Å². The third kappa shape index (κ3) is 4.01. The summed E-state index contributed by atoms with van der Waals surface area (Å²) in [6.07, 6.45) is -3.61. The van der Waals surface area contributed by atoms with Crippen LogP contribution < -0.4 is 19.5 Å². The molecule has 2 aromatic rings. The first-order valence-corrected chi connectivity index (χ1v) is 6.95. The number of rotatable bonds is 6. The average Bonchev–Trinajstić information content (AvgIpc) is 2.58. The van der Waals surface area contributed by atoms with Crippen LogP contribution >= 0.6 is 0 Å². The Morgan fingerprint density at radius 1 is 1.00 bits per heavy atom. The van der Waals surface area contributed by atoms with E-state index in [0.717, 1.165) is 17.8 Å². The summed E-state index contributed by atoms with van der Waals surface area (Å²) in [6.45, 7) is 0.328. The molecule has 1 heterocycles. The number of nitrogens with one attached hydrogen (secondary N) is 1. The maximum absolute atomic E-state index is 12.5. The van der Waals surface area contributed by atoms with Crippen molar-refractivity contribution in [2.75, 3.05) is 26.6 Å². The van der Waals surface area contributed by atoms with E-state index in [1.54, 1.807) is 12.1 Å². The number of nitrogens with zero attached hydrogens (tertiary/aromatic N) is 1. The van der Waals surface area contributed by atoms with Crippen molar-refractivity contribution in [1.82, 2.24) is 4.98 Å². The molecule has 0 bridgehead atoms. The minimum absolute atomic E-state index is 0.328. The molecule has 24 heavy (non-hydrogen) atoms. The van der Waals surface area contributed by atoms with Gasteiger partial charge < -0.3 is 19.5 Å². The van der Waals surface area contributed by atoms with Gasteiger partial charge in [-0.05, 0) is 29.8 Å². The van der Waals surface area contributed by atoms with Crippen molar-refractivity contribution in [3.63, 3.8) is 0 Å². The molecule has 0 amide bonds. The van der Waals surface area contributed by atoms with Crippen molar-refractivity contribution in [2.45, 2.75) is 12.7 Å². The molecule has 0 aliphatic carbocycles. The first kappa shape index (κ1) is 17.7. The van der Waals surface area contributed by atoms with Crippen LogP contribution in [0.15, 0.2) is 30.5 Å². The Kier molecular flexibility index (Phi) is 5.38. The summed E-state index contributed by atoms with van der Waals surface area (Å²) in [4.78, 5) is 3.76. The van der Waals surface area contributed by atoms with E-state index < -0.39 is 11.7 Å². The molecule has 0 fully saturated rings. The van der Waals surface area contributed by atoms with Crippen molar-refractivity contribution < 1.29 is 27.4 Å². The Labute approximate surface area is 137 Å². The summed E-state index contributed by atoms with van der Waals surface area (Å²) < 4.78 is 53.3. The van der Waals surface area contributed by atoms with Crippen molar-refractivity contribution in [3.05, 3.63) is 41.6 Å². The highest BCUT2D eigenvalue weighted by molar-refractivity contribution is 5.54. The topological polar surface area (TPSA) is 52.6 Å². The quantitative estimate of drug-likeness (QED) is 0.867. The Bertz CT molecular complexity index is 663. The van der Waals surface area contributed by atoms with E-state index in [0.29, 0.717) is 29.6 Å². The highest BCUT2D eigenvalue weighted by Gasteiger charge is 2.30. The molecule has 8 heteroatoms. The first-order chi connectivity index (χ1) is 11.4. The highest BCUT2D eigenvalue weighted by Crippen LogP contribution is 2.38. The number of anilines is 1. The summed E-state index contributed by atoms with van der Waals surface area (Å²) in [7, 11) is 4.52. The van der Waals surface area contributed by atoms with Gasteiger partial charge in [-0.3, -0.25) is 0 Å². The average molecular weight is 342 g/mol. The van der Waals surface area contributed by atoms with Gasteiger partial charge >= 0.3 is 6.18 Å². The Hall–Kier alpha value is -2.64. The Morgan fingerprint density at radius 3 is 2.04 bits per heavy atom. The highest BCUT2D eigenvalue weighted by atomic mass is 19.4. The van der Waals surface area contributed by atoms with Gasteiger partial charge in [0.05, 0.1) is 26.9 Å². The molecule has 5 nitrogen and oxygen atoms in total. The van der Waals surface area contributed by atoms with Crippen LogP contribution in [0.25, 0.3) is 0 Å². The van der Waals surface area contributed by atoms with Crippen LogP contribution in [0.2, 0.25) is 0 Å². The third-order valence-electron chi connectivity index (χ3n) is 3.29. The molecule has 0 aliphatic heterocycles. The minimum atomic E-state index is -4.40. The zero-order valence-corrected chi connectivity index (χ0v) is 13.4. The van der Waals surface area contributed by atoms with Gasteiger partial charge in [-0.15, -0.1) is 0 Å². The molecule has 0 radical (unpaired) electrons. The van der Waals surface area contributed by atoms with E-state index in [1.165, 1.54) is 27.4 Å². The fourth-order valence-corrected chi connectivity index (χ4v) is 2.10.